The highest BCUT2D eigenvalue weighted by molar-refractivity contribution is 7.86. The number of carbonyl (C=O) groups excluding carboxylic acids is 1. The number of hydrogen-bond acceptors (Lipinski definition) is 14. The summed E-state index contributed by atoms with van der Waals surface area (Å²) in [5, 5.41) is 11.2. The lowest BCUT2D eigenvalue weighted by molar-refractivity contribution is -0.703. The van der Waals surface area contributed by atoms with E-state index in [1.807, 2.05) is 61.5 Å². The molecule has 474 valence electrons. The Balaban J connectivity index is 1.15. The van der Waals surface area contributed by atoms with Gasteiger partial charge in [0.25, 0.3) is 40.5 Å². The number of carbonyl (C=O) groups is 1. The van der Waals surface area contributed by atoms with Crippen LogP contribution in [0.4, 0.5) is 11.4 Å². The van der Waals surface area contributed by atoms with Gasteiger partial charge in [0.15, 0.2) is 30.1 Å². The van der Waals surface area contributed by atoms with Crippen molar-refractivity contribution in [2.24, 2.45) is 0 Å². The molecule has 10 N–H and O–H groups in total. The molecule has 4 aromatic rings. The molecule has 3 heterocycles. The highest BCUT2D eigenvalue weighted by Crippen LogP contribution is 2.61. The maximum Gasteiger partial charge on any atom is 0.341 e. The van der Waals surface area contributed by atoms with Crippen molar-refractivity contribution in [3.05, 3.63) is 149 Å². The summed E-state index contributed by atoms with van der Waals surface area (Å²) in [6.07, 6.45) is 12.4. The fraction of sp³-hybridized carbons (Fsp3) is 0.411. The fourth-order valence-corrected chi connectivity index (χ4v) is 15.5. The van der Waals surface area contributed by atoms with Crippen LogP contribution in [0.2, 0.25) is 0 Å². The Labute approximate surface area is 505 Å². The quantitative estimate of drug-likeness (QED) is 0.0133. The Morgan fingerprint density at radius 2 is 1.31 bits per heavy atom. The van der Waals surface area contributed by atoms with E-state index < -0.39 is 90.2 Å². The molecule has 0 radical (unpaired) electrons. The molecule has 1 aliphatic carbocycles. The Kier molecular flexibility index (Phi) is 21.3. The molecule has 1 amide bonds. The highest BCUT2D eigenvalue weighted by atomic mass is 32.2. The van der Waals surface area contributed by atoms with Crippen LogP contribution in [0.3, 0.4) is 0 Å². The first-order valence-electron chi connectivity index (χ1n) is 27.5. The predicted octanol–water partition coefficient (Wildman–Crippen LogP) is 6.40. The molecule has 0 saturated heterocycles. The number of nitrogens with zero attached hydrogens (tertiary/aromatic N) is 3. The lowest BCUT2D eigenvalue weighted by Gasteiger charge is -2.27. The van der Waals surface area contributed by atoms with Crippen molar-refractivity contribution in [2.75, 3.05) is 30.3 Å². The molecular formula is C56H72N4O21P2S4+2. The second-order valence-corrected chi connectivity index (χ2v) is 32.5. The molecule has 0 spiro atoms. The van der Waals surface area contributed by atoms with Crippen LogP contribution in [0.15, 0.2) is 147 Å². The molecule has 25 nitrogen and oxygen atoms in total. The number of hydrogen-bond donors (Lipinski definition) is 10. The number of nitrogens with one attached hydrogen (secondary N) is 1. The summed E-state index contributed by atoms with van der Waals surface area (Å²) in [6.45, 7) is 8.09. The van der Waals surface area contributed by atoms with Crippen LogP contribution in [-0.2, 0) is 78.2 Å². The van der Waals surface area contributed by atoms with Gasteiger partial charge in [-0.2, -0.15) is 38.2 Å². The van der Waals surface area contributed by atoms with E-state index in [0.29, 0.717) is 96.6 Å². The predicted molar refractivity (Wildman–Crippen MR) is 320 cm³/mol. The molecule has 3 aliphatic rings. The monoisotopic (exact) mass is 1330 g/mol. The van der Waals surface area contributed by atoms with Crippen LogP contribution in [0.5, 0.6) is 5.75 Å². The first-order chi connectivity index (χ1) is 40.2. The molecule has 7 rings (SSSR count). The smallest absolute Gasteiger partial charge is 0.341 e. The van der Waals surface area contributed by atoms with E-state index in [9.17, 15) is 90.5 Å². The summed E-state index contributed by atoms with van der Waals surface area (Å²) in [4.78, 5) is 51.7. The van der Waals surface area contributed by atoms with Gasteiger partial charge in [-0.05, 0) is 154 Å². The molecule has 1 unspecified atom stereocenters. The van der Waals surface area contributed by atoms with Gasteiger partial charge in [-0.3, -0.25) is 32.1 Å². The van der Waals surface area contributed by atoms with Crippen molar-refractivity contribution in [2.45, 2.75) is 135 Å². The summed E-state index contributed by atoms with van der Waals surface area (Å²) in [5.41, 5.74) is 3.70. The summed E-state index contributed by atoms with van der Waals surface area (Å²) >= 11 is 0. The van der Waals surface area contributed by atoms with E-state index in [1.165, 1.54) is 77.6 Å². The summed E-state index contributed by atoms with van der Waals surface area (Å²) in [6, 6.07) is 16.5. The van der Waals surface area contributed by atoms with Crippen molar-refractivity contribution >= 4 is 78.7 Å². The number of unbranched alkanes of at least 4 members (excludes halogenated alkanes) is 3. The number of fused-ring (bicyclic) bond motifs is 2. The number of amides is 1. The molecule has 3 aromatic carbocycles. The van der Waals surface area contributed by atoms with E-state index in [1.54, 1.807) is 12.1 Å². The van der Waals surface area contributed by atoms with Crippen LogP contribution in [0, 0.1) is 0 Å². The van der Waals surface area contributed by atoms with Gasteiger partial charge in [-0.15, -0.1) is 0 Å². The molecule has 87 heavy (non-hydrogen) atoms. The molecule has 0 fully saturated rings. The third kappa shape index (κ3) is 17.6. The molecule has 0 bridgehead atoms. The van der Waals surface area contributed by atoms with Crippen LogP contribution in [0.1, 0.15) is 102 Å². The van der Waals surface area contributed by atoms with Gasteiger partial charge >= 0.3 is 15.2 Å². The zero-order valence-electron chi connectivity index (χ0n) is 47.9. The number of rotatable bonds is 27. The lowest BCUT2D eigenvalue weighted by atomic mass is 9.81. The van der Waals surface area contributed by atoms with Crippen molar-refractivity contribution in [1.82, 2.24) is 5.32 Å². The molecule has 1 atom stereocenters. The largest absolute Gasteiger partial charge is 0.457 e. The van der Waals surface area contributed by atoms with Gasteiger partial charge in [-0.1, -0.05) is 19.9 Å². The summed E-state index contributed by atoms with van der Waals surface area (Å²) < 4.78 is 170. The Hall–Kier alpha value is -5.59. The second kappa shape index (κ2) is 26.9. The second-order valence-electron chi connectivity index (χ2n) is 22.6. The van der Waals surface area contributed by atoms with Gasteiger partial charge in [-0.25, -0.2) is 4.57 Å². The third-order valence-electron chi connectivity index (χ3n) is 15.5. The molecule has 31 heteroatoms. The van der Waals surface area contributed by atoms with E-state index in [4.69, 9.17) is 4.74 Å². The highest BCUT2D eigenvalue weighted by Gasteiger charge is 2.46. The zero-order chi connectivity index (χ0) is 64.3. The van der Waals surface area contributed by atoms with Crippen LogP contribution < -0.4 is 19.5 Å². The van der Waals surface area contributed by atoms with Crippen molar-refractivity contribution < 1.29 is 104 Å². The average molecular weight is 1330 g/mol. The molecule has 2 aliphatic heterocycles. The van der Waals surface area contributed by atoms with Crippen LogP contribution in [0.25, 0.3) is 0 Å². The third-order valence-corrected chi connectivity index (χ3v) is 22.6. The van der Waals surface area contributed by atoms with E-state index >= 15 is 0 Å². The normalized spacial score (nSPS) is 17.8. The SMILES string of the molecule is CC1(C)C(=CC=C2CCCC(C=CC3=[N+](CCCCCC(=O)NCC(O)C[n+]4ccc(CC(P(=O)(O)O)P(=O)(O)O)cc4)c4ccc(S(=O)(=O)O)cc4C3(C)C)=C2Oc2ccc(S(=O)(=O)O)cc2)N(CCCCS(=O)(=O)O)c2ccc(S(=O)(=O)O)cc21. The van der Waals surface area contributed by atoms with Gasteiger partial charge in [0.2, 0.25) is 11.6 Å². The van der Waals surface area contributed by atoms with Crippen molar-refractivity contribution in [3.63, 3.8) is 0 Å². The lowest BCUT2D eigenvalue weighted by Crippen LogP contribution is -2.44. The first kappa shape index (κ1) is 68.9. The standard InChI is InChI=1S/C56H70N4O21P2S4/c1-55(2)46-34-44(86(75,76)77)20-22-48(46)59(28-7-5-6-13-52(62)57-36-41(61)37-58-30-26-38(27-31-58)33-53(82(63,64)65)83(66,67)68)50(55)24-14-39-11-10-12-40(54(39)81-42-16-18-43(19-17-42)85(72,73)74)15-25-51-56(3,4)47-35-45(87(78,79)80)21-23-49(47)60(51)29-8-9-32-84(69,70)71/h14-27,30-31,34-35,41,53,61H,5-13,28-29,32-33,36-37H2,1-4H3,(H7-2,57,62,63,64,65,66,67,68,69,70,71,72,73,74,75,76,77,78,79,80)/p+2. The summed E-state index contributed by atoms with van der Waals surface area (Å²) in [7, 11) is -28.3. The van der Waals surface area contributed by atoms with Gasteiger partial charge in [0.1, 0.15) is 24.2 Å². The topological polar surface area (TPSA) is 401 Å². The number of anilines is 1. The minimum absolute atomic E-state index is 0.00955. The number of pyridine rings is 1. The van der Waals surface area contributed by atoms with Gasteiger partial charge < -0.3 is 39.6 Å². The molecular weight excluding hydrogens is 1250 g/mol. The summed E-state index contributed by atoms with van der Waals surface area (Å²) in [5.74, 6) is -0.201. The maximum absolute atomic E-state index is 13.0. The maximum atomic E-state index is 13.0. The van der Waals surface area contributed by atoms with E-state index in [0.717, 1.165) is 5.71 Å². The van der Waals surface area contributed by atoms with Crippen molar-refractivity contribution in [1.29, 1.82) is 0 Å². The number of aromatic nitrogens is 1. The van der Waals surface area contributed by atoms with Gasteiger partial charge in [0, 0.05) is 72.6 Å². The number of aliphatic hydroxyl groups excluding tert-OH is 1. The Bertz CT molecular complexity index is 4000. The minimum atomic E-state index is -5.13. The van der Waals surface area contributed by atoms with E-state index in [2.05, 4.69) is 5.32 Å². The van der Waals surface area contributed by atoms with Crippen LogP contribution >= 0.6 is 15.2 Å². The molecule has 1 aromatic heterocycles. The number of aliphatic hydroxyl groups is 1. The fourth-order valence-electron chi connectivity index (χ4n) is 10.9. The number of benzene rings is 3. The number of ether oxygens (including phenoxy) is 1. The molecule has 0 saturated carbocycles. The van der Waals surface area contributed by atoms with Crippen molar-refractivity contribution in [3.8, 4) is 5.75 Å². The van der Waals surface area contributed by atoms with Gasteiger partial charge in [0.05, 0.1) is 25.9 Å². The first-order valence-corrected chi connectivity index (χ1v) is 36.8. The Morgan fingerprint density at radius 3 is 1.91 bits per heavy atom. The number of allylic oxidation sites excluding steroid dienone is 7. The van der Waals surface area contributed by atoms with Crippen LogP contribution in [-0.4, -0.2) is 130 Å². The zero-order valence-corrected chi connectivity index (χ0v) is 53.0. The minimum Gasteiger partial charge on any atom is -0.457 e. The van der Waals surface area contributed by atoms with E-state index in [-0.39, 0.29) is 64.4 Å². The Morgan fingerprint density at radius 1 is 0.713 bits per heavy atom. The average Bonchev–Trinajstić information content (AvgIpc) is 1.60.